The van der Waals surface area contributed by atoms with Crippen molar-refractivity contribution in [2.24, 2.45) is 0 Å². The van der Waals surface area contributed by atoms with Gasteiger partial charge in [-0.15, -0.1) is 11.3 Å². The Morgan fingerprint density at radius 1 is 1.67 bits per heavy atom. The molecule has 0 bridgehead atoms. The normalized spacial score (nSPS) is 20.1. The van der Waals surface area contributed by atoms with Gasteiger partial charge in [0, 0.05) is 25.1 Å². The number of rotatable bonds is 4. The van der Waals surface area contributed by atoms with Crippen LogP contribution < -0.4 is 0 Å². The summed E-state index contributed by atoms with van der Waals surface area (Å²) in [5.41, 5.74) is 0.820. The van der Waals surface area contributed by atoms with Gasteiger partial charge in [0.25, 0.3) is 5.91 Å². The predicted molar refractivity (Wildman–Crippen MR) is 82.2 cm³/mol. The van der Waals surface area contributed by atoms with Crippen LogP contribution in [-0.2, 0) is 4.74 Å². The van der Waals surface area contributed by atoms with Gasteiger partial charge in [-0.25, -0.2) is 0 Å². The van der Waals surface area contributed by atoms with Crippen LogP contribution >= 0.6 is 33.9 Å². The lowest BCUT2D eigenvalue weighted by Crippen LogP contribution is -2.43. The van der Waals surface area contributed by atoms with E-state index in [1.807, 2.05) is 16.3 Å². The van der Waals surface area contributed by atoms with Gasteiger partial charge in [0.2, 0.25) is 0 Å². The number of hydrogen-bond donors (Lipinski definition) is 0. The van der Waals surface area contributed by atoms with Crippen molar-refractivity contribution in [3.8, 4) is 0 Å². The summed E-state index contributed by atoms with van der Waals surface area (Å²) in [4.78, 5) is 14.2. The molecule has 1 aliphatic heterocycles. The molecule has 2 rings (SSSR count). The van der Waals surface area contributed by atoms with Gasteiger partial charge in [0.05, 0.1) is 14.6 Å². The van der Waals surface area contributed by atoms with E-state index in [2.05, 4.69) is 29.5 Å². The standard InChI is InChI=1S/C13H18INO2S/c1-2-6-17-11-4-3-5-15(8-11)13(16)10-7-12(14)18-9-10/h7,9,11H,2-6,8H2,1H3. The van der Waals surface area contributed by atoms with E-state index < -0.39 is 0 Å². The van der Waals surface area contributed by atoms with E-state index in [1.165, 1.54) is 0 Å². The van der Waals surface area contributed by atoms with Gasteiger partial charge >= 0.3 is 0 Å². The summed E-state index contributed by atoms with van der Waals surface area (Å²) in [5.74, 6) is 0.152. The second-order valence-corrected chi connectivity index (χ2v) is 7.33. The van der Waals surface area contributed by atoms with Crippen molar-refractivity contribution < 1.29 is 9.53 Å². The second kappa shape index (κ2) is 6.86. The van der Waals surface area contributed by atoms with Crippen molar-refractivity contribution >= 4 is 39.8 Å². The van der Waals surface area contributed by atoms with E-state index in [0.29, 0.717) is 0 Å². The summed E-state index contributed by atoms with van der Waals surface area (Å²) < 4.78 is 6.92. The first-order chi connectivity index (χ1) is 8.70. The van der Waals surface area contributed by atoms with Gasteiger partial charge < -0.3 is 9.64 Å². The molecule has 0 spiro atoms. The molecule has 3 nitrogen and oxygen atoms in total. The average Bonchev–Trinajstić information content (AvgIpc) is 2.82. The molecular formula is C13H18INO2S. The molecule has 1 aliphatic rings. The molecule has 5 heteroatoms. The van der Waals surface area contributed by atoms with E-state index in [9.17, 15) is 4.79 Å². The molecule has 1 aromatic rings. The summed E-state index contributed by atoms with van der Waals surface area (Å²) in [6.45, 7) is 4.50. The molecular weight excluding hydrogens is 361 g/mol. The van der Waals surface area contributed by atoms with Gasteiger partial charge in [-0.1, -0.05) is 6.92 Å². The van der Waals surface area contributed by atoms with E-state index in [-0.39, 0.29) is 12.0 Å². The molecule has 1 amide bonds. The number of nitrogens with zero attached hydrogens (tertiary/aromatic N) is 1. The number of likely N-dealkylation sites (tertiary alicyclic amines) is 1. The van der Waals surface area contributed by atoms with Crippen molar-refractivity contribution in [3.63, 3.8) is 0 Å². The van der Waals surface area contributed by atoms with E-state index in [4.69, 9.17) is 4.74 Å². The third-order valence-electron chi connectivity index (χ3n) is 3.04. The van der Waals surface area contributed by atoms with Gasteiger partial charge in [0.15, 0.2) is 0 Å². The number of thiophene rings is 1. The number of piperidine rings is 1. The summed E-state index contributed by atoms with van der Waals surface area (Å²) in [6, 6.07) is 1.96. The monoisotopic (exact) mass is 379 g/mol. The molecule has 18 heavy (non-hydrogen) atoms. The predicted octanol–water partition coefficient (Wildman–Crippen LogP) is 3.38. The van der Waals surface area contributed by atoms with Crippen molar-refractivity contribution in [2.45, 2.75) is 32.3 Å². The molecule has 1 fully saturated rings. The summed E-state index contributed by atoms with van der Waals surface area (Å²) in [5, 5.41) is 1.95. The average molecular weight is 379 g/mol. The molecule has 0 N–H and O–H groups in total. The van der Waals surface area contributed by atoms with Crippen LogP contribution in [-0.4, -0.2) is 36.6 Å². The van der Waals surface area contributed by atoms with Gasteiger partial charge in [0.1, 0.15) is 0 Å². The zero-order chi connectivity index (χ0) is 13.0. The Kier molecular flexibility index (Phi) is 5.44. The fourth-order valence-electron chi connectivity index (χ4n) is 2.15. The van der Waals surface area contributed by atoms with Crippen LogP contribution in [0.3, 0.4) is 0 Å². The maximum atomic E-state index is 12.3. The number of amides is 1. The van der Waals surface area contributed by atoms with Crippen LogP contribution in [0.4, 0.5) is 0 Å². The van der Waals surface area contributed by atoms with Gasteiger partial charge in [-0.05, 0) is 47.9 Å². The number of hydrogen-bond acceptors (Lipinski definition) is 3. The van der Waals surface area contributed by atoms with Crippen LogP contribution in [0.5, 0.6) is 0 Å². The summed E-state index contributed by atoms with van der Waals surface area (Å²) >= 11 is 3.87. The molecule has 1 unspecified atom stereocenters. The maximum Gasteiger partial charge on any atom is 0.254 e. The molecule has 0 aromatic carbocycles. The second-order valence-electron chi connectivity index (χ2n) is 4.53. The molecule has 2 heterocycles. The fourth-order valence-corrected chi connectivity index (χ4v) is 3.47. The highest BCUT2D eigenvalue weighted by molar-refractivity contribution is 14.1. The highest BCUT2D eigenvalue weighted by Crippen LogP contribution is 2.21. The Morgan fingerprint density at radius 2 is 2.50 bits per heavy atom. The third kappa shape index (κ3) is 3.68. The van der Waals surface area contributed by atoms with Crippen molar-refractivity contribution in [1.29, 1.82) is 0 Å². The van der Waals surface area contributed by atoms with Gasteiger partial charge in [-0.3, -0.25) is 4.79 Å². The largest absolute Gasteiger partial charge is 0.376 e. The Labute approximate surface area is 126 Å². The minimum atomic E-state index is 0.152. The molecule has 0 radical (unpaired) electrons. The van der Waals surface area contributed by atoms with Crippen LogP contribution in [0, 0.1) is 2.88 Å². The molecule has 0 saturated carbocycles. The first-order valence-electron chi connectivity index (χ1n) is 6.35. The Bertz CT molecular complexity index is 407. The molecule has 1 atom stereocenters. The van der Waals surface area contributed by atoms with Crippen molar-refractivity contribution in [3.05, 3.63) is 19.9 Å². The highest BCUT2D eigenvalue weighted by atomic mass is 127. The molecule has 1 saturated heterocycles. The van der Waals surface area contributed by atoms with Crippen molar-refractivity contribution in [2.75, 3.05) is 19.7 Å². The SMILES string of the molecule is CCCOC1CCCN(C(=O)c2csc(I)c2)C1. The smallest absolute Gasteiger partial charge is 0.254 e. The number of halogens is 1. The summed E-state index contributed by atoms with van der Waals surface area (Å²) in [6.07, 6.45) is 3.37. The first kappa shape index (κ1) is 14.3. The lowest BCUT2D eigenvalue weighted by Gasteiger charge is -2.32. The van der Waals surface area contributed by atoms with E-state index >= 15 is 0 Å². The van der Waals surface area contributed by atoms with Crippen LogP contribution in [0.2, 0.25) is 0 Å². The topological polar surface area (TPSA) is 29.5 Å². The van der Waals surface area contributed by atoms with E-state index in [1.54, 1.807) is 11.3 Å². The zero-order valence-corrected chi connectivity index (χ0v) is 13.5. The third-order valence-corrected chi connectivity index (χ3v) is 4.83. The quantitative estimate of drug-likeness (QED) is 0.751. The Hall–Kier alpha value is -0.140. The Morgan fingerprint density at radius 3 is 3.17 bits per heavy atom. The van der Waals surface area contributed by atoms with Crippen LogP contribution in [0.25, 0.3) is 0 Å². The van der Waals surface area contributed by atoms with Crippen molar-refractivity contribution in [1.82, 2.24) is 4.90 Å². The minimum Gasteiger partial charge on any atom is -0.376 e. The minimum absolute atomic E-state index is 0.152. The van der Waals surface area contributed by atoms with E-state index in [0.717, 1.165) is 47.4 Å². The number of carbonyl (C=O) groups is 1. The fraction of sp³-hybridized carbons (Fsp3) is 0.615. The zero-order valence-electron chi connectivity index (χ0n) is 10.5. The first-order valence-corrected chi connectivity index (χ1v) is 8.31. The van der Waals surface area contributed by atoms with Crippen LogP contribution in [0.15, 0.2) is 11.4 Å². The Balaban J connectivity index is 1.94. The van der Waals surface area contributed by atoms with Crippen LogP contribution in [0.1, 0.15) is 36.5 Å². The molecule has 100 valence electrons. The maximum absolute atomic E-state index is 12.3. The molecule has 1 aromatic heterocycles. The lowest BCUT2D eigenvalue weighted by atomic mass is 10.1. The lowest BCUT2D eigenvalue weighted by molar-refractivity contribution is 0.00213. The summed E-state index contributed by atoms with van der Waals surface area (Å²) in [7, 11) is 0. The number of ether oxygens (including phenoxy) is 1. The van der Waals surface area contributed by atoms with Gasteiger partial charge in [-0.2, -0.15) is 0 Å². The highest BCUT2D eigenvalue weighted by Gasteiger charge is 2.25. The molecule has 0 aliphatic carbocycles. The number of carbonyl (C=O) groups excluding carboxylic acids is 1.